The minimum Gasteiger partial charge on any atom is -0.392 e. The number of aliphatic hydroxyl groups is 3. The first-order valence-corrected chi connectivity index (χ1v) is 6.36. The molecular weight excluding hydrogens is 208 g/mol. The molecule has 92 valence electrons. The van der Waals surface area contributed by atoms with Gasteiger partial charge in [0.05, 0.1) is 12.7 Å². The zero-order chi connectivity index (χ0) is 11.3. The van der Waals surface area contributed by atoms with Crippen LogP contribution >= 0.6 is 0 Å². The largest absolute Gasteiger partial charge is 0.392 e. The SMILES string of the molecule is OC1C2CCCCC2CC2C1COC2(O)O. The van der Waals surface area contributed by atoms with Crippen LogP contribution in [0.5, 0.6) is 0 Å². The maximum atomic E-state index is 10.3. The molecule has 5 atom stereocenters. The van der Waals surface area contributed by atoms with Gasteiger partial charge in [-0.3, -0.25) is 0 Å². The zero-order valence-corrected chi connectivity index (χ0v) is 9.38. The van der Waals surface area contributed by atoms with Crippen LogP contribution in [0.25, 0.3) is 0 Å². The van der Waals surface area contributed by atoms with Crippen LogP contribution in [0.4, 0.5) is 0 Å². The predicted octanol–water partition coefficient (Wildman–Crippen LogP) is 0.458. The second kappa shape index (κ2) is 3.67. The number of fused-ring (bicyclic) bond motifs is 2. The lowest BCUT2D eigenvalue weighted by Gasteiger charge is -2.45. The molecule has 0 aromatic heterocycles. The van der Waals surface area contributed by atoms with Crippen molar-refractivity contribution in [1.82, 2.24) is 0 Å². The smallest absolute Gasteiger partial charge is 0.281 e. The number of hydrogen-bond donors (Lipinski definition) is 3. The molecular formula is C12H20O4. The van der Waals surface area contributed by atoms with E-state index in [2.05, 4.69) is 0 Å². The summed E-state index contributed by atoms with van der Waals surface area (Å²) in [5.74, 6) is -1.59. The van der Waals surface area contributed by atoms with Crippen molar-refractivity contribution in [2.24, 2.45) is 23.7 Å². The van der Waals surface area contributed by atoms with Gasteiger partial charge in [-0.25, -0.2) is 0 Å². The summed E-state index contributed by atoms with van der Waals surface area (Å²) in [7, 11) is 0. The number of hydrogen-bond acceptors (Lipinski definition) is 4. The Morgan fingerprint density at radius 1 is 1.06 bits per heavy atom. The van der Waals surface area contributed by atoms with Crippen molar-refractivity contribution < 1.29 is 20.1 Å². The van der Waals surface area contributed by atoms with Gasteiger partial charge in [0, 0.05) is 11.8 Å². The van der Waals surface area contributed by atoms with Gasteiger partial charge in [-0.15, -0.1) is 0 Å². The molecule has 0 aromatic carbocycles. The van der Waals surface area contributed by atoms with E-state index in [1.165, 1.54) is 12.8 Å². The Kier molecular flexibility index (Phi) is 2.51. The lowest BCUT2D eigenvalue weighted by atomic mass is 9.62. The maximum absolute atomic E-state index is 10.3. The third-order valence-electron chi connectivity index (χ3n) is 4.89. The van der Waals surface area contributed by atoms with E-state index >= 15 is 0 Å². The highest BCUT2D eigenvalue weighted by Crippen LogP contribution is 2.51. The van der Waals surface area contributed by atoms with Gasteiger partial charge in [0.15, 0.2) is 0 Å². The fraction of sp³-hybridized carbons (Fsp3) is 1.00. The second-order valence-corrected chi connectivity index (χ2v) is 5.67. The van der Waals surface area contributed by atoms with Crippen LogP contribution in [0.15, 0.2) is 0 Å². The molecule has 16 heavy (non-hydrogen) atoms. The van der Waals surface area contributed by atoms with E-state index in [4.69, 9.17) is 4.74 Å². The van der Waals surface area contributed by atoms with Crippen LogP contribution in [0.3, 0.4) is 0 Å². The molecule has 2 saturated carbocycles. The first kappa shape index (κ1) is 11.0. The highest BCUT2D eigenvalue weighted by Gasteiger charge is 2.56. The van der Waals surface area contributed by atoms with Crippen LogP contribution in [0.1, 0.15) is 32.1 Å². The molecule has 0 aromatic rings. The minimum absolute atomic E-state index is 0.0886. The number of rotatable bonds is 0. The Morgan fingerprint density at radius 2 is 1.81 bits per heavy atom. The normalized spacial score (nSPS) is 50.8. The average molecular weight is 228 g/mol. The molecule has 1 aliphatic heterocycles. The van der Waals surface area contributed by atoms with Crippen LogP contribution in [0, 0.1) is 23.7 Å². The summed E-state index contributed by atoms with van der Waals surface area (Å²) in [6.07, 6.45) is 4.97. The molecule has 1 heterocycles. The van der Waals surface area contributed by atoms with Gasteiger partial charge in [0.2, 0.25) is 0 Å². The average Bonchev–Trinajstić information content (AvgIpc) is 2.56. The fourth-order valence-electron chi connectivity index (χ4n) is 4.01. The van der Waals surface area contributed by atoms with Crippen molar-refractivity contribution in [2.45, 2.75) is 44.2 Å². The molecule has 0 spiro atoms. The van der Waals surface area contributed by atoms with Crippen molar-refractivity contribution in [2.75, 3.05) is 6.61 Å². The topological polar surface area (TPSA) is 69.9 Å². The highest BCUT2D eigenvalue weighted by atomic mass is 16.8. The van der Waals surface area contributed by atoms with Crippen molar-refractivity contribution in [3.63, 3.8) is 0 Å². The van der Waals surface area contributed by atoms with Crippen molar-refractivity contribution in [3.05, 3.63) is 0 Å². The van der Waals surface area contributed by atoms with E-state index < -0.39 is 12.1 Å². The molecule has 4 nitrogen and oxygen atoms in total. The molecule has 3 fully saturated rings. The van der Waals surface area contributed by atoms with E-state index in [1.54, 1.807) is 0 Å². The molecule has 0 amide bonds. The molecule has 5 unspecified atom stereocenters. The molecule has 3 aliphatic rings. The summed E-state index contributed by atoms with van der Waals surface area (Å²) in [5.41, 5.74) is 0. The summed E-state index contributed by atoms with van der Waals surface area (Å²) in [4.78, 5) is 0. The highest BCUT2D eigenvalue weighted by molar-refractivity contribution is 4.98. The molecule has 3 rings (SSSR count). The summed E-state index contributed by atoms with van der Waals surface area (Å²) in [5, 5.41) is 29.7. The van der Waals surface area contributed by atoms with Crippen molar-refractivity contribution >= 4 is 0 Å². The zero-order valence-electron chi connectivity index (χ0n) is 9.38. The predicted molar refractivity (Wildman–Crippen MR) is 56.2 cm³/mol. The summed E-state index contributed by atoms with van der Waals surface area (Å²) in [6.45, 7) is 0.280. The van der Waals surface area contributed by atoms with Gasteiger partial charge < -0.3 is 20.1 Å². The van der Waals surface area contributed by atoms with E-state index in [9.17, 15) is 15.3 Å². The Labute approximate surface area is 95.2 Å². The summed E-state index contributed by atoms with van der Waals surface area (Å²) < 4.78 is 5.01. The molecule has 3 N–H and O–H groups in total. The third kappa shape index (κ3) is 1.51. The second-order valence-electron chi connectivity index (χ2n) is 5.67. The standard InChI is InChI=1S/C12H20O4/c13-11-8-4-2-1-3-7(8)5-10-9(11)6-16-12(10,14)15/h7-11,13-15H,1-6H2. The first-order valence-electron chi connectivity index (χ1n) is 6.36. The Hall–Kier alpha value is -0.160. The molecule has 2 aliphatic carbocycles. The molecule has 4 heteroatoms. The van der Waals surface area contributed by atoms with E-state index in [0.29, 0.717) is 11.8 Å². The fourth-order valence-corrected chi connectivity index (χ4v) is 4.01. The van der Waals surface area contributed by atoms with Gasteiger partial charge >= 0.3 is 0 Å². The van der Waals surface area contributed by atoms with Crippen LogP contribution < -0.4 is 0 Å². The monoisotopic (exact) mass is 228 g/mol. The number of ether oxygens (including phenoxy) is 1. The van der Waals surface area contributed by atoms with Crippen LogP contribution in [-0.4, -0.2) is 34.0 Å². The number of aliphatic hydroxyl groups excluding tert-OH is 1. The van der Waals surface area contributed by atoms with E-state index in [-0.39, 0.29) is 18.4 Å². The molecule has 0 radical (unpaired) electrons. The van der Waals surface area contributed by atoms with Crippen molar-refractivity contribution in [3.8, 4) is 0 Å². The lowest BCUT2D eigenvalue weighted by molar-refractivity contribution is -0.339. The van der Waals surface area contributed by atoms with Crippen LogP contribution in [-0.2, 0) is 4.74 Å². The van der Waals surface area contributed by atoms with Crippen molar-refractivity contribution in [1.29, 1.82) is 0 Å². The van der Waals surface area contributed by atoms with Gasteiger partial charge in [0.1, 0.15) is 0 Å². The summed E-state index contributed by atoms with van der Waals surface area (Å²) >= 11 is 0. The quantitative estimate of drug-likeness (QED) is 0.527. The van der Waals surface area contributed by atoms with E-state index in [1.807, 2.05) is 0 Å². The molecule has 0 bridgehead atoms. The minimum atomic E-state index is -2.01. The third-order valence-corrected chi connectivity index (χ3v) is 4.89. The maximum Gasteiger partial charge on any atom is 0.281 e. The Balaban J connectivity index is 1.83. The van der Waals surface area contributed by atoms with Gasteiger partial charge in [-0.05, 0) is 24.7 Å². The first-order chi connectivity index (χ1) is 7.59. The summed E-state index contributed by atoms with van der Waals surface area (Å²) in [6, 6.07) is 0. The van der Waals surface area contributed by atoms with E-state index in [0.717, 1.165) is 19.3 Å². The Morgan fingerprint density at radius 3 is 2.62 bits per heavy atom. The Bertz CT molecular complexity index is 278. The van der Waals surface area contributed by atoms with Crippen LogP contribution in [0.2, 0.25) is 0 Å². The van der Waals surface area contributed by atoms with Gasteiger partial charge in [-0.2, -0.15) is 0 Å². The van der Waals surface area contributed by atoms with Gasteiger partial charge in [0.25, 0.3) is 5.97 Å². The molecule has 1 saturated heterocycles. The lowest BCUT2D eigenvalue weighted by Crippen LogP contribution is -2.49. The van der Waals surface area contributed by atoms with Gasteiger partial charge in [-0.1, -0.05) is 19.3 Å².